The Kier molecular flexibility index (Phi) is 6.30. The van der Waals surface area contributed by atoms with Gasteiger partial charge in [0, 0.05) is 23.6 Å². The molecule has 1 aliphatic rings. The molecule has 1 amide bonds. The Labute approximate surface area is 192 Å². The molecule has 0 spiro atoms. The summed E-state index contributed by atoms with van der Waals surface area (Å²) in [5.74, 6) is 0.820. The highest BCUT2D eigenvalue weighted by Crippen LogP contribution is 2.34. The van der Waals surface area contributed by atoms with Crippen molar-refractivity contribution in [2.75, 3.05) is 6.54 Å². The maximum Gasteiger partial charge on any atom is 0.266 e. The molecule has 0 unspecified atom stereocenters. The van der Waals surface area contributed by atoms with E-state index in [4.69, 9.17) is 17.0 Å². The van der Waals surface area contributed by atoms with Crippen molar-refractivity contribution >= 4 is 40.3 Å². The van der Waals surface area contributed by atoms with Crippen molar-refractivity contribution in [2.24, 2.45) is 0 Å². The molecule has 0 aliphatic carbocycles. The van der Waals surface area contributed by atoms with Crippen molar-refractivity contribution in [1.82, 2.24) is 9.47 Å². The molecule has 2 heterocycles. The highest BCUT2D eigenvalue weighted by Gasteiger charge is 2.30. The van der Waals surface area contributed by atoms with Gasteiger partial charge in [0.1, 0.15) is 16.7 Å². The summed E-state index contributed by atoms with van der Waals surface area (Å²) < 4.78 is 8.72. The van der Waals surface area contributed by atoms with Gasteiger partial charge in [0.2, 0.25) is 0 Å². The van der Waals surface area contributed by atoms with Crippen LogP contribution in [0.25, 0.3) is 11.8 Å². The molecule has 0 bridgehead atoms. The highest BCUT2D eigenvalue weighted by molar-refractivity contribution is 8.26. The molecule has 1 aliphatic heterocycles. The van der Waals surface area contributed by atoms with Gasteiger partial charge in [-0.1, -0.05) is 54.3 Å². The number of hydrogen-bond donors (Lipinski definition) is 0. The average Bonchev–Trinajstić information content (AvgIpc) is 3.21. The second kappa shape index (κ2) is 9.12. The first-order chi connectivity index (χ1) is 15.0. The lowest BCUT2D eigenvalue weighted by Gasteiger charge is -2.12. The number of thiocarbonyl (C=S) groups is 1. The zero-order valence-electron chi connectivity index (χ0n) is 17.8. The number of benzene rings is 2. The SMILES string of the molecule is CCN1C(=O)/C(=C/c2cc(C)n(-c3ccc(OCc4ccccc4)cc3)c2C)SC1=S. The van der Waals surface area contributed by atoms with Crippen molar-refractivity contribution in [1.29, 1.82) is 0 Å². The van der Waals surface area contributed by atoms with E-state index in [9.17, 15) is 4.79 Å². The van der Waals surface area contributed by atoms with Crippen molar-refractivity contribution in [3.05, 3.63) is 88.1 Å². The fourth-order valence-corrected chi connectivity index (χ4v) is 5.05. The summed E-state index contributed by atoms with van der Waals surface area (Å²) in [4.78, 5) is 14.9. The van der Waals surface area contributed by atoms with E-state index in [0.717, 1.165) is 34.0 Å². The molecule has 4 nitrogen and oxygen atoms in total. The molecule has 0 N–H and O–H groups in total. The van der Waals surface area contributed by atoms with E-state index in [2.05, 4.69) is 48.7 Å². The number of hydrogen-bond acceptors (Lipinski definition) is 4. The molecule has 1 fully saturated rings. The third kappa shape index (κ3) is 4.45. The monoisotopic (exact) mass is 448 g/mol. The Bertz CT molecular complexity index is 1150. The van der Waals surface area contributed by atoms with Crippen LogP contribution in [0.5, 0.6) is 5.75 Å². The molecule has 2 aromatic carbocycles. The molecule has 0 saturated carbocycles. The molecule has 6 heteroatoms. The van der Waals surface area contributed by atoms with E-state index in [0.29, 0.717) is 22.4 Å². The number of carbonyl (C=O) groups is 1. The summed E-state index contributed by atoms with van der Waals surface area (Å²) in [6.45, 7) is 7.22. The lowest BCUT2D eigenvalue weighted by Crippen LogP contribution is -2.27. The summed E-state index contributed by atoms with van der Waals surface area (Å²) in [7, 11) is 0. The van der Waals surface area contributed by atoms with E-state index >= 15 is 0 Å². The van der Waals surface area contributed by atoms with E-state index < -0.39 is 0 Å². The Morgan fingerprint density at radius 1 is 1.06 bits per heavy atom. The molecule has 158 valence electrons. The zero-order valence-corrected chi connectivity index (χ0v) is 19.4. The lowest BCUT2D eigenvalue weighted by molar-refractivity contribution is -0.121. The maximum absolute atomic E-state index is 12.6. The number of rotatable bonds is 6. The number of carbonyl (C=O) groups excluding carboxylic acids is 1. The summed E-state index contributed by atoms with van der Waals surface area (Å²) in [5, 5.41) is 0. The average molecular weight is 449 g/mol. The van der Waals surface area contributed by atoms with Crippen LogP contribution in [0, 0.1) is 13.8 Å². The smallest absolute Gasteiger partial charge is 0.266 e. The Morgan fingerprint density at radius 3 is 2.42 bits per heavy atom. The largest absolute Gasteiger partial charge is 0.489 e. The standard InChI is InChI=1S/C25H24N2O2S2/c1-4-26-24(28)23(31-25(26)30)15-20-14-17(2)27(18(20)3)21-10-12-22(13-11-21)29-16-19-8-6-5-7-9-19/h5-15H,4,16H2,1-3H3/b23-15-. The topological polar surface area (TPSA) is 34.5 Å². The molecule has 0 atom stereocenters. The Morgan fingerprint density at radius 2 is 1.77 bits per heavy atom. The summed E-state index contributed by atoms with van der Waals surface area (Å²) in [5.41, 5.74) is 5.41. The minimum atomic E-state index is -0.0118. The summed E-state index contributed by atoms with van der Waals surface area (Å²) in [6.07, 6.45) is 1.95. The van der Waals surface area contributed by atoms with Crippen LogP contribution in [0.1, 0.15) is 29.4 Å². The molecule has 31 heavy (non-hydrogen) atoms. The van der Waals surface area contributed by atoms with Crippen LogP contribution in [0.4, 0.5) is 0 Å². The van der Waals surface area contributed by atoms with Crippen LogP contribution in [0.3, 0.4) is 0 Å². The van der Waals surface area contributed by atoms with E-state index in [-0.39, 0.29) is 5.91 Å². The quantitative estimate of drug-likeness (QED) is 0.348. The second-order valence-corrected chi connectivity index (χ2v) is 9.03. The first-order valence-corrected chi connectivity index (χ1v) is 11.4. The maximum atomic E-state index is 12.6. The minimum absolute atomic E-state index is 0.0118. The molecule has 1 saturated heterocycles. The molecular weight excluding hydrogens is 424 g/mol. The van der Waals surface area contributed by atoms with Crippen molar-refractivity contribution in [2.45, 2.75) is 27.4 Å². The fourth-order valence-electron chi connectivity index (χ4n) is 3.68. The number of amides is 1. The van der Waals surface area contributed by atoms with Gasteiger partial charge in [-0.05, 0) is 68.3 Å². The van der Waals surface area contributed by atoms with Gasteiger partial charge >= 0.3 is 0 Å². The van der Waals surface area contributed by atoms with Gasteiger partial charge in [-0.15, -0.1) is 0 Å². The van der Waals surface area contributed by atoms with Crippen LogP contribution in [0.2, 0.25) is 0 Å². The van der Waals surface area contributed by atoms with Crippen LogP contribution >= 0.6 is 24.0 Å². The van der Waals surface area contributed by atoms with Gasteiger partial charge in [-0.3, -0.25) is 9.69 Å². The van der Waals surface area contributed by atoms with Gasteiger partial charge in [0.05, 0.1) is 4.91 Å². The number of likely N-dealkylation sites (N-methyl/N-ethyl adjacent to an activating group) is 1. The van der Waals surface area contributed by atoms with Gasteiger partial charge in [0.25, 0.3) is 5.91 Å². The number of thioether (sulfide) groups is 1. The van der Waals surface area contributed by atoms with Crippen LogP contribution in [-0.2, 0) is 11.4 Å². The first kappa shape index (κ1) is 21.4. The molecular formula is C25H24N2O2S2. The lowest BCUT2D eigenvalue weighted by atomic mass is 10.2. The third-order valence-electron chi connectivity index (χ3n) is 5.29. The van der Waals surface area contributed by atoms with Crippen LogP contribution in [0.15, 0.2) is 65.6 Å². The zero-order chi connectivity index (χ0) is 22.0. The summed E-state index contributed by atoms with van der Waals surface area (Å²) >= 11 is 6.69. The van der Waals surface area contributed by atoms with Gasteiger partial charge < -0.3 is 9.30 Å². The van der Waals surface area contributed by atoms with Gasteiger partial charge in [-0.25, -0.2) is 0 Å². The van der Waals surface area contributed by atoms with Crippen LogP contribution in [-0.4, -0.2) is 26.2 Å². The van der Waals surface area contributed by atoms with E-state index in [1.54, 1.807) is 4.90 Å². The van der Waals surface area contributed by atoms with Crippen molar-refractivity contribution in [3.8, 4) is 11.4 Å². The van der Waals surface area contributed by atoms with E-state index in [1.807, 2.05) is 43.3 Å². The number of aryl methyl sites for hydroxylation is 1. The number of aromatic nitrogens is 1. The highest BCUT2D eigenvalue weighted by atomic mass is 32.2. The van der Waals surface area contributed by atoms with Crippen molar-refractivity contribution in [3.63, 3.8) is 0 Å². The summed E-state index contributed by atoms with van der Waals surface area (Å²) in [6, 6.07) is 20.3. The van der Waals surface area contributed by atoms with Gasteiger partial charge in [0.15, 0.2) is 0 Å². The molecule has 1 aromatic heterocycles. The Hall–Kier alpha value is -2.83. The second-order valence-electron chi connectivity index (χ2n) is 7.36. The molecule has 3 aromatic rings. The van der Waals surface area contributed by atoms with Crippen LogP contribution < -0.4 is 4.74 Å². The van der Waals surface area contributed by atoms with E-state index in [1.165, 1.54) is 11.8 Å². The minimum Gasteiger partial charge on any atom is -0.489 e. The normalized spacial score (nSPS) is 15.2. The van der Waals surface area contributed by atoms with Gasteiger partial charge in [-0.2, -0.15) is 0 Å². The number of ether oxygens (including phenoxy) is 1. The predicted molar refractivity (Wildman–Crippen MR) is 132 cm³/mol. The third-order valence-corrected chi connectivity index (χ3v) is 6.67. The molecule has 4 rings (SSSR count). The molecule has 0 radical (unpaired) electrons. The number of nitrogens with zero attached hydrogens (tertiary/aromatic N) is 2. The Balaban J connectivity index is 1.54. The first-order valence-electron chi connectivity index (χ1n) is 10.2. The fraction of sp³-hybridized carbons (Fsp3) is 0.200. The predicted octanol–water partition coefficient (Wildman–Crippen LogP) is 5.89. The van der Waals surface area contributed by atoms with Crippen molar-refractivity contribution < 1.29 is 9.53 Å².